The molecule has 2 aliphatic rings. The number of nitrogens with one attached hydrogen (secondary N) is 1. The number of aliphatic imine (C=N–C) groups is 1. The highest BCUT2D eigenvalue weighted by atomic mass is 35.5. The lowest BCUT2D eigenvalue weighted by Crippen LogP contribution is -2.29. The summed E-state index contributed by atoms with van der Waals surface area (Å²) in [7, 11) is 0. The van der Waals surface area contributed by atoms with Gasteiger partial charge in [0, 0.05) is 28.4 Å². The van der Waals surface area contributed by atoms with Crippen LogP contribution in [0.2, 0.25) is 5.02 Å². The number of fused-ring (bicyclic) bond motifs is 3. The topological polar surface area (TPSA) is 33.6 Å². The molecule has 1 heterocycles. The summed E-state index contributed by atoms with van der Waals surface area (Å²) < 4.78 is 6.12. The summed E-state index contributed by atoms with van der Waals surface area (Å²) >= 11 is 6.30. The van der Waals surface area contributed by atoms with Gasteiger partial charge in [0.2, 0.25) is 0 Å². The van der Waals surface area contributed by atoms with Crippen LogP contribution in [0.4, 0.5) is 11.4 Å². The standard InChI is InChI=1S/C34H31ClN2O/c1-22-6-9-24(10-7-22)21-38-33-17-13-27(35)19-26(33)20-36-28-14-11-25(12-15-28)34-30-5-3-4-29(30)31-18-23(2)8-16-32(31)37-34/h3-4,6-20,29-30,34,37H,5,21H2,1-2H3/t29-,30-,34+/m1/s1. The Hall–Kier alpha value is -3.82. The molecule has 3 atom stereocenters. The van der Waals surface area contributed by atoms with Crippen molar-refractivity contribution in [2.45, 2.75) is 38.8 Å². The van der Waals surface area contributed by atoms with Crippen LogP contribution in [0.5, 0.6) is 5.75 Å². The van der Waals surface area contributed by atoms with Gasteiger partial charge in [0.25, 0.3) is 0 Å². The first-order valence-electron chi connectivity index (χ1n) is 13.2. The average molecular weight is 519 g/mol. The fourth-order valence-corrected chi connectivity index (χ4v) is 5.73. The van der Waals surface area contributed by atoms with Crippen molar-refractivity contribution in [2.75, 3.05) is 5.32 Å². The van der Waals surface area contributed by atoms with Crippen molar-refractivity contribution >= 4 is 29.2 Å². The number of allylic oxidation sites excluding steroid dienone is 2. The molecule has 3 nitrogen and oxygen atoms in total. The maximum absolute atomic E-state index is 6.30. The Morgan fingerprint density at radius 3 is 2.53 bits per heavy atom. The molecule has 0 aromatic heterocycles. The minimum absolute atomic E-state index is 0.276. The molecular weight excluding hydrogens is 488 g/mol. The lowest BCUT2D eigenvalue weighted by molar-refractivity contribution is 0.306. The number of anilines is 1. The SMILES string of the molecule is Cc1ccc(COc2ccc(Cl)cc2C=Nc2ccc([C@@H]3Nc4ccc(C)cc4[C@@H]4C=CC[C@H]43)cc2)cc1. The Labute approximate surface area is 229 Å². The van der Waals surface area contributed by atoms with Crippen LogP contribution in [0.1, 0.15) is 51.8 Å². The van der Waals surface area contributed by atoms with E-state index in [9.17, 15) is 0 Å². The summed E-state index contributed by atoms with van der Waals surface area (Å²) in [6.07, 6.45) is 7.65. The Morgan fingerprint density at radius 1 is 0.921 bits per heavy atom. The maximum Gasteiger partial charge on any atom is 0.128 e. The van der Waals surface area contributed by atoms with Crippen molar-refractivity contribution in [3.05, 3.63) is 135 Å². The van der Waals surface area contributed by atoms with E-state index >= 15 is 0 Å². The third-order valence-electron chi connectivity index (χ3n) is 7.61. The average Bonchev–Trinajstić information content (AvgIpc) is 3.43. The van der Waals surface area contributed by atoms with Gasteiger partial charge in [0.1, 0.15) is 12.4 Å². The lowest BCUT2D eigenvalue weighted by atomic mass is 9.76. The highest BCUT2D eigenvalue weighted by Gasteiger charge is 2.37. The van der Waals surface area contributed by atoms with Crippen LogP contribution in [0.15, 0.2) is 102 Å². The molecule has 0 fully saturated rings. The van der Waals surface area contributed by atoms with Crippen molar-refractivity contribution in [3.8, 4) is 5.75 Å². The quantitative estimate of drug-likeness (QED) is 0.204. The fourth-order valence-electron chi connectivity index (χ4n) is 5.55. The van der Waals surface area contributed by atoms with E-state index in [4.69, 9.17) is 21.3 Å². The van der Waals surface area contributed by atoms with E-state index in [0.29, 0.717) is 23.5 Å². The molecule has 38 heavy (non-hydrogen) atoms. The summed E-state index contributed by atoms with van der Waals surface area (Å²) in [5, 5.41) is 4.48. The Morgan fingerprint density at radius 2 is 1.71 bits per heavy atom. The smallest absolute Gasteiger partial charge is 0.128 e. The van der Waals surface area contributed by atoms with E-state index in [-0.39, 0.29) is 6.04 Å². The summed E-state index contributed by atoms with van der Waals surface area (Å²) in [4.78, 5) is 4.75. The zero-order valence-corrected chi connectivity index (χ0v) is 22.5. The second-order valence-corrected chi connectivity index (χ2v) is 10.8. The van der Waals surface area contributed by atoms with Crippen molar-refractivity contribution in [1.82, 2.24) is 0 Å². The molecular formula is C34H31ClN2O. The molecule has 0 amide bonds. The van der Waals surface area contributed by atoms with Crippen molar-refractivity contribution in [3.63, 3.8) is 0 Å². The molecule has 0 saturated heterocycles. The number of rotatable bonds is 6. The molecule has 0 spiro atoms. The number of halogens is 1. The van der Waals surface area contributed by atoms with E-state index in [0.717, 1.165) is 29.0 Å². The minimum atomic E-state index is 0.276. The number of ether oxygens (including phenoxy) is 1. The first kappa shape index (κ1) is 24.5. The van der Waals surface area contributed by atoms with Gasteiger partial charge < -0.3 is 10.1 Å². The van der Waals surface area contributed by atoms with Crippen LogP contribution >= 0.6 is 11.6 Å². The largest absolute Gasteiger partial charge is 0.488 e. The number of aryl methyl sites for hydroxylation is 2. The molecule has 6 rings (SSSR count). The van der Waals surface area contributed by atoms with Gasteiger partial charge in [0.15, 0.2) is 0 Å². The van der Waals surface area contributed by atoms with Crippen LogP contribution in [-0.2, 0) is 6.61 Å². The van der Waals surface area contributed by atoms with Crippen LogP contribution in [0.25, 0.3) is 0 Å². The summed E-state index contributed by atoms with van der Waals surface area (Å²) in [6.45, 7) is 4.74. The Kier molecular flexibility index (Phi) is 6.78. The predicted octanol–water partition coefficient (Wildman–Crippen LogP) is 9.11. The molecule has 1 N–H and O–H groups in total. The van der Waals surface area contributed by atoms with Gasteiger partial charge in [-0.25, -0.2) is 0 Å². The molecule has 0 bridgehead atoms. The van der Waals surface area contributed by atoms with E-state index in [1.54, 1.807) is 0 Å². The minimum Gasteiger partial charge on any atom is -0.488 e. The zero-order valence-electron chi connectivity index (χ0n) is 21.7. The molecule has 4 aromatic carbocycles. The number of benzene rings is 4. The van der Waals surface area contributed by atoms with E-state index in [1.807, 2.05) is 24.4 Å². The molecule has 0 unspecified atom stereocenters. The van der Waals surface area contributed by atoms with Gasteiger partial charge in [-0.05, 0) is 79.3 Å². The number of hydrogen-bond acceptors (Lipinski definition) is 3. The second-order valence-electron chi connectivity index (χ2n) is 10.4. The second kappa shape index (κ2) is 10.5. The monoisotopic (exact) mass is 518 g/mol. The van der Waals surface area contributed by atoms with Crippen LogP contribution in [-0.4, -0.2) is 6.21 Å². The normalized spacial score (nSPS) is 19.7. The number of hydrogen-bond donors (Lipinski definition) is 1. The van der Waals surface area contributed by atoms with Crippen LogP contribution in [0, 0.1) is 19.8 Å². The van der Waals surface area contributed by atoms with Gasteiger partial charge in [0.05, 0.1) is 11.7 Å². The lowest BCUT2D eigenvalue weighted by Gasteiger charge is -2.37. The van der Waals surface area contributed by atoms with Crippen molar-refractivity contribution in [2.24, 2.45) is 10.9 Å². The van der Waals surface area contributed by atoms with Gasteiger partial charge in [-0.2, -0.15) is 0 Å². The molecule has 0 saturated carbocycles. The van der Waals surface area contributed by atoms with Gasteiger partial charge in [-0.3, -0.25) is 4.99 Å². The number of nitrogens with zero attached hydrogens (tertiary/aromatic N) is 1. The molecule has 4 aromatic rings. The first-order valence-corrected chi connectivity index (χ1v) is 13.6. The third kappa shape index (κ3) is 5.12. The highest BCUT2D eigenvalue weighted by molar-refractivity contribution is 6.30. The molecule has 0 radical (unpaired) electrons. The Balaban J connectivity index is 1.19. The maximum atomic E-state index is 6.30. The van der Waals surface area contributed by atoms with E-state index < -0.39 is 0 Å². The van der Waals surface area contributed by atoms with Crippen LogP contribution < -0.4 is 10.1 Å². The first-order chi connectivity index (χ1) is 18.5. The predicted molar refractivity (Wildman–Crippen MR) is 158 cm³/mol. The molecule has 1 aliphatic carbocycles. The van der Waals surface area contributed by atoms with Crippen LogP contribution in [0.3, 0.4) is 0 Å². The zero-order chi connectivity index (χ0) is 26.1. The third-order valence-corrected chi connectivity index (χ3v) is 7.85. The van der Waals surface area contributed by atoms with Gasteiger partial charge in [-0.1, -0.05) is 83.4 Å². The highest BCUT2D eigenvalue weighted by Crippen LogP contribution is 2.50. The van der Waals surface area contributed by atoms with E-state index in [1.165, 1.54) is 27.9 Å². The van der Waals surface area contributed by atoms with Gasteiger partial charge >= 0.3 is 0 Å². The summed E-state index contributed by atoms with van der Waals surface area (Å²) in [5.74, 6) is 1.75. The fraction of sp³-hybridized carbons (Fsp3) is 0.206. The van der Waals surface area contributed by atoms with Crippen molar-refractivity contribution in [1.29, 1.82) is 0 Å². The molecule has 1 aliphatic heterocycles. The Bertz CT molecular complexity index is 1510. The molecule has 4 heteroatoms. The summed E-state index contributed by atoms with van der Waals surface area (Å²) in [6, 6.07) is 29.6. The van der Waals surface area contributed by atoms with E-state index in [2.05, 4.69) is 98.0 Å². The summed E-state index contributed by atoms with van der Waals surface area (Å²) in [5.41, 5.74) is 9.38. The molecule has 190 valence electrons. The van der Waals surface area contributed by atoms with Gasteiger partial charge in [-0.15, -0.1) is 0 Å². The van der Waals surface area contributed by atoms with Crippen molar-refractivity contribution < 1.29 is 4.74 Å².